The maximum absolute atomic E-state index is 14.9. The summed E-state index contributed by atoms with van der Waals surface area (Å²) in [6, 6.07) is 20.0. The lowest BCUT2D eigenvalue weighted by atomic mass is 9.87. The number of rotatable bonds is 21. The van der Waals surface area contributed by atoms with Crippen LogP contribution < -0.4 is 5.32 Å². The van der Waals surface area contributed by atoms with Crippen LogP contribution in [0.5, 0.6) is 0 Å². The zero-order valence-corrected chi connectivity index (χ0v) is 44.6. The molecule has 0 aromatic heterocycles. The van der Waals surface area contributed by atoms with Gasteiger partial charge in [0.2, 0.25) is 18.1 Å². The van der Waals surface area contributed by atoms with Crippen molar-refractivity contribution >= 4 is 100 Å². The van der Waals surface area contributed by atoms with Crippen LogP contribution in [0, 0.1) is 5.41 Å². The number of halogens is 3. The lowest BCUT2D eigenvalue weighted by Crippen LogP contribution is -2.72. The highest BCUT2D eigenvalue weighted by Gasteiger charge is 2.64. The molecular weight excluding hydrogens is 1100 g/mol. The van der Waals surface area contributed by atoms with Crippen molar-refractivity contribution in [3.8, 4) is 0 Å². The Morgan fingerprint density at radius 2 is 1.19 bits per heavy atom. The summed E-state index contributed by atoms with van der Waals surface area (Å²) in [5.74, 6) is -15.2. The first-order valence-corrected chi connectivity index (χ1v) is 24.6. The smallest absolute Gasteiger partial charge is 0.366 e. The Kier molecular flexibility index (Phi) is 22.0. The lowest BCUT2D eigenvalue weighted by Gasteiger charge is -2.51. The van der Waals surface area contributed by atoms with E-state index in [0.717, 1.165) is 41.7 Å². The van der Waals surface area contributed by atoms with Crippen LogP contribution in [0.25, 0.3) is 0 Å². The Balaban J connectivity index is 1.85. The molecule has 0 radical (unpaired) electrons. The molecule has 11 atom stereocenters. The summed E-state index contributed by atoms with van der Waals surface area (Å²) in [5, 5.41) is 11.1. The third-order valence-electron chi connectivity index (χ3n) is 11.2. The van der Waals surface area contributed by atoms with Gasteiger partial charge in [0.15, 0.2) is 24.4 Å². The fourth-order valence-electron chi connectivity index (χ4n) is 8.01. The van der Waals surface area contributed by atoms with E-state index in [4.69, 9.17) is 97.1 Å². The molecule has 420 valence electrons. The van der Waals surface area contributed by atoms with Gasteiger partial charge < -0.3 is 62.2 Å². The van der Waals surface area contributed by atoms with Gasteiger partial charge in [-0.15, -0.1) is 0 Å². The quantitative estimate of drug-likeness (QED) is 0.0376. The fourth-order valence-corrected chi connectivity index (χ4v) is 8.14. The van der Waals surface area contributed by atoms with Crippen LogP contribution in [0.1, 0.15) is 78.5 Å². The van der Waals surface area contributed by atoms with E-state index in [1.54, 1.807) is 18.2 Å². The molecule has 0 unspecified atom stereocenters. The van der Waals surface area contributed by atoms with E-state index in [1.807, 2.05) is 0 Å². The molecular formula is C51H53Cl3N2O22. The first-order chi connectivity index (χ1) is 36.8. The van der Waals surface area contributed by atoms with Crippen molar-refractivity contribution in [3.05, 3.63) is 108 Å². The molecule has 0 aliphatic carbocycles. The van der Waals surface area contributed by atoms with E-state index in [1.165, 1.54) is 72.8 Å². The Morgan fingerprint density at radius 3 is 1.67 bits per heavy atom. The highest BCUT2D eigenvalue weighted by Crippen LogP contribution is 2.42. The van der Waals surface area contributed by atoms with E-state index >= 15 is 0 Å². The Bertz CT molecular complexity index is 2680. The van der Waals surface area contributed by atoms with E-state index in [-0.39, 0.29) is 16.7 Å². The number of ether oxygens (including phenoxy) is 12. The molecule has 1 amide bonds. The van der Waals surface area contributed by atoms with Gasteiger partial charge in [0.1, 0.15) is 43.4 Å². The molecule has 2 saturated heterocycles. The summed E-state index contributed by atoms with van der Waals surface area (Å²) in [5.41, 5.74) is -0.239. The van der Waals surface area contributed by atoms with Crippen LogP contribution in [0.3, 0.4) is 0 Å². The summed E-state index contributed by atoms with van der Waals surface area (Å²) in [7, 11) is 0.836. The average Bonchev–Trinajstić information content (AvgIpc) is 3.53. The van der Waals surface area contributed by atoms with E-state index in [9.17, 15) is 47.9 Å². The average molecular weight is 1150 g/mol. The second kappa shape index (κ2) is 27.9. The topological polar surface area (TPSA) is 317 Å². The van der Waals surface area contributed by atoms with Crippen LogP contribution >= 0.6 is 34.8 Å². The molecule has 0 bridgehead atoms. The number of hydrogen-bond acceptors (Lipinski definition) is 23. The summed E-state index contributed by atoms with van der Waals surface area (Å²) in [4.78, 5) is 134. The van der Waals surface area contributed by atoms with E-state index in [2.05, 4.69) is 5.32 Å². The number of esters is 8. The third-order valence-corrected chi connectivity index (χ3v) is 11.7. The van der Waals surface area contributed by atoms with E-state index < -0.39 is 162 Å². The number of methoxy groups -OCH3 is 1. The highest BCUT2D eigenvalue weighted by atomic mass is 35.6. The van der Waals surface area contributed by atoms with Gasteiger partial charge in [0.25, 0.3) is 9.58 Å². The number of ketones is 1. The number of benzene rings is 3. The molecule has 0 saturated carbocycles. The molecule has 24 nitrogen and oxygen atoms in total. The predicted molar refractivity (Wildman–Crippen MR) is 265 cm³/mol. The van der Waals surface area contributed by atoms with Gasteiger partial charge in [-0.3, -0.25) is 34.2 Å². The number of hydrogen-bond donors (Lipinski definition) is 2. The van der Waals surface area contributed by atoms with Crippen molar-refractivity contribution in [1.29, 1.82) is 5.41 Å². The van der Waals surface area contributed by atoms with Gasteiger partial charge in [-0.2, -0.15) is 0 Å². The second-order valence-electron chi connectivity index (χ2n) is 17.2. The van der Waals surface area contributed by atoms with Crippen LogP contribution in [0.2, 0.25) is 0 Å². The van der Waals surface area contributed by atoms with Gasteiger partial charge in [-0.05, 0) is 43.3 Å². The monoisotopic (exact) mass is 1150 g/mol. The number of Topliss-reactive ketones (excluding diaryl/α,β-unsaturated/α-hetero) is 1. The number of amides is 1. The molecule has 2 fully saturated rings. The third kappa shape index (κ3) is 17.1. The van der Waals surface area contributed by atoms with Crippen molar-refractivity contribution in [3.63, 3.8) is 0 Å². The van der Waals surface area contributed by atoms with Crippen molar-refractivity contribution in [2.45, 2.75) is 118 Å². The van der Waals surface area contributed by atoms with Gasteiger partial charge in [-0.25, -0.2) is 19.2 Å². The van der Waals surface area contributed by atoms with Gasteiger partial charge in [0.05, 0.1) is 42.7 Å². The van der Waals surface area contributed by atoms with E-state index in [0.29, 0.717) is 0 Å². The Morgan fingerprint density at radius 1 is 0.667 bits per heavy atom. The summed E-state index contributed by atoms with van der Waals surface area (Å²) in [6.45, 7) is 2.98. The first-order valence-electron chi connectivity index (χ1n) is 23.4. The summed E-state index contributed by atoms with van der Waals surface area (Å²) in [6.07, 6.45) is -20.9. The number of alkyl halides is 3. The van der Waals surface area contributed by atoms with Gasteiger partial charge in [-0.1, -0.05) is 89.4 Å². The number of carbonyl (C=O) groups is 10. The van der Waals surface area contributed by atoms with Gasteiger partial charge in [0, 0.05) is 27.7 Å². The molecule has 27 heteroatoms. The molecule has 2 heterocycles. The molecule has 2 aliphatic rings. The van der Waals surface area contributed by atoms with Gasteiger partial charge >= 0.3 is 47.8 Å². The molecule has 3 aromatic carbocycles. The molecule has 0 spiro atoms. The van der Waals surface area contributed by atoms with Crippen molar-refractivity contribution in [2.75, 3.05) is 20.3 Å². The molecule has 5 rings (SSSR count). The maximum Gasteiger partial charge on any atom is 0.366 e. The highest BCUT2D eigenvalue weighted by molar-refractivity contribution is 6.76. The first kappa shape index (κ1) is 61.6. The number of nitrogens with one attached hydrogen (secondary N) is 2. The molecule has 2 N–H and O–H groups in total. The minimum absolute atomic E-state index is 0.0234. The minimum atomic E-state index is -3.21. The maximum atomic E-state index is 14.9. The molecule has 3 aromatic rings. The zero-order valence-electron chi connectivity index (χ0n) is 42.4. The largest absolute Gasteiger partial charge is 0.465 e. The normalized spacial score (nSPS) is 23.5. The van der Waals surface area contributed by atoms with Crippen molar-refractivity contribution in [2.24, 2.45) is 0 Å². The standard InChI is InChI=1S/C51H53Cl3N2O22/c1-26(57)22-37(62)56-38-34(70-28(3)59)23-50(49(66)67-6,77-41(38)39(72-30(5)61)35(71-29(4)60)24-68-27(2)58)78-42-40(74-45(64)32-18-12-8-13-19-32)36(25-69-44(63)31-16-10-7-11-17-31)73-47(76-48(55)51(52,53)54)43(42)75-46(65)33-20-14-9-15-21-33/h7-21,34-36,38-43,47,55H,22-25H2,1-6H3,(H,56,62)/t34-,35+,36+,38+,39+,40-,41+,42-,43+,47-,50-/m0/s1. The predicted octanol–water partition coefficient (Wildman–Crippen LogP) is 4.25. The SMILES string of the molecule is COC(=O)[C@@]1(O[C@H]2[C@@H](OC(=O)c3ccccc3)[C@@H](COC(=O)c3ccccc3)O[C@@H](OC(=N)C(Cl)(Cl)Cl)[C@@H]2OC(=O)c2ccccc2)C[C@H](OC(C)=O)[C@@H](NC(=O)CC(C)=O)[C@H]([C@H](OC(C)=O)[C@@H](COC(C)=O)OC(C)=O)O1. The molecule has 78 heavy (non-hydrogen) atoms. The Hall–Kier alpha value is -7.22. The Labute approximate surface area is 460 Å². The fraction of sp³-hybridized carbons (Fsp3) is 0.431. The van der Waals surface area contributed by atoms with Crippen LogP contribution in [-0.2, 0) is 90.4 Å². The zero-order chi connectivity index (χ0) is 57.5. The number of carbonyl (C=O) groups excluding carboxylic acids is 10. The van der Waals surface area contributed by atoms with Crippen molar-refractivity contribution in [1.82, 2.24) is 5.32 Å². The van der Waals surface area contributed by atoms with Crippen LogP contribution in [0.15, 0.2) is 91.0 Å². The van der Waals surface area contributed by atoms with Crippen molar-refractivity contribution < 1.29 is 105 Å². The minimum Gasteiger partial charge on any atom is -0.465 e. The summed E-state index contributed by atoms with van der Waals surface area (Å²) < 4.78 is 67.9. The van der Waals surface area contributed by atoms with Crippen LogP contribution in [-0.4, -0.2) is 156 Å². The van der Waals surface area contributed by atoms with Crippen LogP contribution in [0.4, 0.5) is 0 Å². The molecule has 2 aliphatic heterocycles. The second-order valence-corrected chi connectivity index (χ2v) is 19.5. The lowest BCUT2D eigenvalue weighted by molar-refractivity contribution is -0.364. The summed E-state index contributed by atoms with van der Waals surface area (Å²) >= 11 is 18.3.